The third-order valence-corrected chi connectivity index (χ3v) is 4.18. The summed E-state index contributed by atoms with van der Waals surface area (Å²) in [6.45, 7) is 8.23. The Bertz CT molecular complexity index is 492. The number of carbonyl (C=O) groups is 1. The topological polar surface area (TPSA) is 45.7 Å². The monoisotopic (exact) mass is 289 g/mol. The number of carbonyl (C=O) groups excluding carboxylic acids is 1. The Morgan fingerprint density at radius 3 is 2.81 bits per heavy atom. The highest BCUT2D eigenvalue weighted by Gasteiger charge is 2.42. The predicted molar refractivity (Wildman–Crippen MR) is 79.6 cm³/mol. The lowest BCUT2D eigenvalue weighted by atomic mass is 10.1. The summed E-state index contributed by atoms with van der Waals surface area (Å²) in [5.74, 6) is 0.731. The van der Waals surface area contributed by atoms with Crippen LogP contribution in [0.25, 0.3) is 0 Å². The third-order valence-electron chi connectivity index (χ3n) is 4.18. The molecule has 5 heteroatoms. The molecule has 2 aliphatic heterocycles. The van der Waals surface area contributed by atoms with E-state index in [0.29, 0.717) is 12.5 Å². The van der Waals surface area contributed by atoms with Gasteiger partial charge in [0.25, 0.3) is 0 Å². The van der Waals surface area contributed by atoms with E-state index >= 15 is 0 Å². The fourth-order valence-corrected chi connectivity index (χ4v) is 3.30. The number of nitrogens with zero attached hydrogens (tertiary/aromatic N) is 3. The van der Waals surface area contributed by atoms with Gasteiger partial charge in [-0.3, -0.25) is 14.7 Å². The summed E-state index contributed by atoms with van der Waals surface area (Å²) in [4.78, 5) is 20.7. The zero-order valence-electron chi connectivity index (χ0n) is 12.7. The second-order valence-corrected chi connectivity index (χ2v) is 6.41. The maximum Gasteiger partial charge on any atom is 0.249 e. The number of fused-ring (bicyclic) bond motifs is 1. The normalized spacial score (nSPS) is 26.4. The predicted octanol–water partition coefficient (Wildman–Crippen LogP) is 1.15. The van der Waals surface area contributed by atoms with Crippen molar-refractivity contribution < 1.29 is 9.53 Å². The van der Waals surface area contributed by atoms with Gasteiger partial charge in [-0.2, -0.15) is 0 Å². The summed E-state index contributed by atoms with van der Waals surface area (Å²) in [6, 6.07) is 4.12. The first kappa shape index (κ1) is 14.5. The molecule has 0 bridgehead atoms. The van der Waals surface area contributed by atoms with E-state index in [1.165, 1.54) is 0 Å². The second kappa shape index (κ2) is 6.12. The van der Waals surface area contributed by atoms with Crippen LogP contribution in [0.1, 0.15) is 19.4 Å². The molecule has 1 aromatic rings. The zero-order valence-corrected chi connectivity index (χ0v) is 12.7. The average molecular weight is 289 g/mol. The fourth-order valence-electron chi connectivity index (χ4n) is 3.30. The molecule has 3 rings (SSSR count). The maximum absolute atomic E-state index is 12.2. The molecule has 0 N–H and O–H groups in total. The molecule has 0 aromatic carbocycles. The highest BCUT2D eigenvalue weighted by Crippen LogP contribution is 2.25. The van der Waals surface area contributed by atoms with E-state index in [-0.39, 0.29) is 24.7 Å². The van der Waals surface area contributed by atoms with E-state index in [9.17, 15) is 4.79 Å². The zero-order chi connectivity index (χ0) is 14.8. The molecule has 0 aliphatic carbocycles. The van der Waals surface area contributed by atoms with Gasteiger partial charge in [0.1, 0.15) is 6.61 Å². The van der Waals surface area contributed by atoms with Crippen LogP contribution in [0.15, 0.2) is 24.5 Å². The van der Waals surface area contributed by atoms with Gasteiger partial charge in [0.2, 0.25) is 5.91 Å². The van der Waals surface area contributed by atoms with E-state index < -0.39 is 0 Å². The first-order chi connectivity index (χ1) is 10.1. The van der Waals surface area contributed by atoms with Gasteiger partial charge in [-0.1, -0.05) is 13.8 Å². The lowest BCUT2D eigenvalue weighted by Crippen LogP contribution is -2.53. The number of pyridine rings is 1. The highest BCUT2D eigenvalue weighted by atomic mass is 16.5. The van der Waals surface area contributed by atoms with Gasteiger partial charge in [0.05, 0.1) is 12.1 Å². The van der Waals surface area contributed by atoms with Crippen molar-refractivity contribution in [3.05, 3.63) is 30.1 Å². The van der Waals surface area contributed by atoms with Crippen molar-refractivity contribution in [1.82, 2.24) is 14.8 Å². The van der Waals surface area contributed by atoms with E-state index in [0.717, 1.165) is 25.2 Å². The number of likely N-dealkylation sites (tertiary alicyclic amines) is 1. The Morgan fingerprint density at radius 1 is 1.33 bits per heavy atom. The molecule has 5 nitrogen and oxygen atoms in total. The van der Waals surface area contributed by atoms with Gasteiger partial charge in [-0.25, -0.2) is 0 Å². The Balaban J connectivity index is 1.71. The molecular formula is C16H23N3O2. The molecule has 0 spiro atoms. The lowest BCUT2D eigenvalue weighted by Gasteiger charge is -2.36. The third kappa shape index (κ3) is 3.24. The number of amides is 1. The van der Waals surface area contributed by atoms with Crippen LogP contribution in [0.5, 0.6) is 0 Å². The SMILES string of the molecule is CC(C)CN1CC2OCC(=O)N(Cc3ccncc3)C2C1. The van der Waals surface area contributed by atoms with Crippen molar-refractivity contribution >= 4 is 5.91 Å². The molecule has 1 amide bonds. The summed E-state index contributed by atoms with van der Waals surface area (Å²) >= 11 is 0. The summed E-state index contributed by atoms with van der Waals surface area (Å²) in [5.41, 5.74) is 1.13. The first-order valence-electron chi connectivity index (χ1n) is 7.66. The van der Waals surface area contributed by atoms with E-state index in [1.54, 1.807) is 12.4 Å². The minimum Gasteiger partial charge on any atom is -0.365 e. The van der Waals surface area contributed by atoms with Crippen LogP contribution in [0, 0.1) is 5.92 Å². The van der Waals surface area contributed by atoms with Gasteiger partial charge in [-0.15, -0.1) is 0 Å². The minimum atomic E-state index is 0.0967. The summed E-state index contributed by atoms with van der Waals surface area (Å²) in [5, 5.41) is 0. The van der Waals surface area contributed by atoms with Crippen molar-refractivity contribution in [2.24, 2.45) is 5.92 Å². The molecular weight excluding hydrogens is 266 g/mol. The molecule has 114 valence electrons. The average Bonchev–Trinajstić information content (AvgIpc) is 2.85. The van der Waals surface area contributed by atoms with Gasteiger partial charge in [0, 0.05) is 38.6 Å². The van der Waals surface area contributed by atoms with Gasteiger partial charge in [-0.05, 0) is 23.6 Å². The summed E-state index contributed by atoms with van der Waals surface area (Å²) in [7, 11) is 0. The minimum absolute atomic E-state index is 0.0967. The van der Waals surface area contributed by atoms with Crippen LogP contribution in [-0.2, 0) is 16.1 Å². The van der Waals surface area contributed by atoms with Crippen LogP contribution < -0.4 is 0 Å². The van der Waals surface area contributed by atoms with Gasteiger partial charge >= 0.3 is 0 Å². The fraction of sp³-hybridized carbons (Fsp3) is 0.625. The van der Waals surface area contributed by atoms with Crippen molar-refractivity contribution in [2.45, 2.75) is 32.5 Å². The van der Waals surface area contributed by atoms with Crippen molar-refractivity contribution in [2.75, 3.05) is 26.2 Å². The molecule has 2 unspecified atom stereocenters. The summed E-state index contributed by atoms with van der Waals surface area (Å²) in [6.07, 6.45) is 3.71. The van der Waals surface area contributed by atoms with Gasteiger partial charge < -0.3 is 9.64 Å². The Hall–Kier alpha value is -1.46. The second-order valence-electron chi connectivity index (χ2n) is 6.41. The number of rotatable bonds is 4. The number of hydrogen-bond acceptors (Lipinski definition) is 4. The molecule has 0 radical (unpaired) electrons. The smallest absolute Gasteiger partial charge is 0.249 e. The highest BCUT2D eigenvalue weighted by molar-refractivity contribution is 5.78. The van der Waals surface area contributed by atoms with Crippen molar-refractivity contribution in [3.63, 3.8) is 0 Å². The molecule has 2 fully saturated rings. The Kier molecular flexibility index (Phi) is 4.22. The van der Waals surface area contributed by atoms with Crippen LogP contribution in [0.2, 0.25) is 0 Å². The quantitative estimate of drug-likeness (QED) is 0.834. The number of morpholine rings is 1. The summed E-state index contributed by atoms with van der Waals surface area (Å²) < 4.78 is 5.75. The molecule has 2 saturated heterocycles. The molecule has 3 heterocycles. The molecule has 21 heavy (non-hydrogen) atoms. The van der Waals surface area contributed by atoms with Crippen molar-refractivity contribution in [1.29, 1.82) is 0 Å². The standard InChI is InChI=1S/C16H23N3O2/c1-12(2)7-18-9-14-15(10-18)21-11-16(20)19(14)8-13-3-5-17-6-4-13/h3-6,12,14-15H,7-11H2,1-2H3. The van der Waals surface area contributed by atoms with Crippen LogP contribution >= 0.6 is 0 Å². The van der Waals surface area contributed by atoms with Crippen LogP contribution in [-0.4, -0.2) is 59.1 Å². The van der Waals surface area contributed by atoms with Gasteiger partial charge in [0.15, 0.2) is 0 Å². The molecule has 2 aliphatic rings. The number of aromatic nitrogens is 1. The molecule has 0 saturated carbocycles. The first-order valence-corrected chi connectivity index (χ1v) is 7.66. The van der Waals surface area contributed by atoms with Crippen molar-refractivity contribution in [3.8, 4) is 0 Å². The number of ether oxygens (including phenoxy) is 1. The lowest BCUT2D eigenvalue weighted by molar-refractivity contribution is -0.153. The maximum atomic E-state index is 12.2. The van der Waals surface area contributed by atoms with Crippen LogP contribution in [0.3, 0.4) is 0 Å². The number of hydrogen-bond donors (Lipinski definition) is 0. The Morgan fingerprint density at radius 2 is 2.10 bits per heavy atom. The molecule has 2 atom stereocenters. The van der Waals surface area contributed by atoms with E-state index in [2.05, 4.69) is 23.7 Å². The largest absolute Gasteiger partial charge is 0.365 e. The van der Waals surface area contributed by atoms with E-state index in [1.807, 2.05) is 17.0 Å². The molecule has 1 aromatic heterocycles. The van der Waals surface area contributed by atoms with E-state index in [4.69, 9.17) is 4.74 Å². The van der Waals surface area contributed by atoms with Crippen LogP contribution in [0.4, 0.5) is 0 Å². The Labute approximate surface area is 125 Å².